The van der Waals surface area contributed by atoms with Gasteiger partial charge in [0.2, 0.25) is 0 Å². The third-order valence-corrected chi connectivity index (χ3v) is 6.22. The molecule has 3 aromatic rings. The van der Waals surface area contributed by atoms with Crippen molar-refractivity contribution in [1.82, 2.24) is 0 Å². The molecule has 0 bridgehead atoms. The van der Waals surface area contributed by atoms with Crippen LogP contribution in [-0.2, 0) is 14.3 Å². The first kappa shape index (κ1) is 27.2. The fourth-order valence-electron chi connectivity index (χ4n) is 3.51. The molecule has 0 saturated heterocycles. The second-order valence-corrected chi connectivity index (χ2v) is 9.64. The summed E-state index contributed by atoms with van der Waals surface area (Å²) >= 11 is 18.3. The summed E-state index contributed by atoms with van der Waals surface area (Å²) in [5, 5.41) is 5.71. The van der Waals surface area contributed by atoms with E-state index in [-0.39, 0.29) is 33.5 Å². The van der Waals surface area contributed by atoms with Gasteiger partial charge in [0.1, 0.15) is 10.7 Å². The summed E-state index contributed by atoms with van der Waals surface area (Å²) in [5.74, 6) is -2.29. The maximum Gasteiger partial charge on any atom is 0.338 e. The number of carbonyl (C=O) groups excluding carboxylic acids is 4. The van der Waals surface area contributed by atoms with Crippen LogP contribution in [0.2, 0.25) is 10.0 Å². The van der Waals surface area contributed by atoms with Gasteiger partial charge in [0.15, 0.2) is 0 Å². The fourth-order valence-corrected chi connectivity index (χ4v) is 4.09. The van der Waals surface area contributed by atoms with Crippen molar-refractivity contribution in [3.63, 3.8) is 0 Å². The summed E-state index contributed by atoms with van der Waals surface area (Å²) in [6.07, 6.45) is -0.237. The molecule has 1 aliphatic rings. The molecule has 3 amide bonds. The predicted molar refractivity (Wildman–Crippen MR) is 147 cm³/mol. The molecular formula is C27H20Cl3N3O5. The normalized spacial score (nSPS) is 13.3. The number of esters is 1. The van der Waals surface area contributed by atoms with Crippen LogP contribution < -0.4 is 15.5 Å². The number of rotatable bonds is 7. The Balaban J connectivity index is 1.43. The summed E-state index contributed by atoms with van der Waals surface area (Å²) in [7, 11) is 0. The number of ether oxygens (including phenoxy) is 1. The van der Waals surface area contributed by atoms with Crippen molar-refractivity contribution < 1.29 is 23.9 Å². The van der Waals surface area contributed by atoms with Gasteiger partial charge in [-0.2, -0.15) is 0 Å². The van der Waals surface area contributed by atoms with Gasteiger partial charge in [0.05, 0.1) is 22.4 Å². The number of hydrogen-bond donors (Lipinski definition) is 2. The molecule has 3 aromatic carbocycles. The zero-order chi connectivity index (χ0) is 27.6. The highest BCUT2D eigenvalue weighted by atomic mass is 35.5. The number of nitrogens with one attached hydrogen (secondary N) is 2. The average molecular weight is 573 g/mol. The Bertz CT molecular complexity index is 1470. The van der Waals surface area contributed by atoms with E-state index in [9.17, 15) is 19.2 Å². The van der Waals surface area contributed by atoms with Crippen LogP contribution in [0.4, 0.5) is 17.1 Å². The van der Waals surface area contributed by atoms with Crippen molar-refractivity contribution in [3.05, 3.63) is 98.6 Å². The minimum absolute atomic E-state index is 0.112. The van der Waals surface area contributed by atoms with E-state index in [4.69, 9.17) is 39.5 Å². The first-order chi connectivity index (χ1) is 18.0. The van der Waals surface area contributed by atoms with E-state index in [1.54, 1.807) is 50.2 Å². The number of nitrogens with zero attached hydrogens (tertiary/aromatic N) is 1. The van der Waals surface area contributed by atoms with E-state index in [2.05, 4.69) is 10.6 Å². The Morgan fingerprint density at radius 2 is 1.42 bits per heavy atom. The van der Waals surface area contributed by atoms with Crippen LogP contribution in [0.15, 0.2) is 77.5 Å². The summed E-state index contributed by atoms with van der Waals surface area (Å²) in [5.41, 5.74) is 1.59. The van der Waals surface area contributed by atoms with Gasteiger partial charge in [-0.05, 0) is 80.6 Å². The maximum absolute atomic E-state index is 13.0. The number of benzene rings is 3. The molecule has 0 aliphatic carbocycles. The Kier molecular flexibility index (Phi) is 8.06. The second-order valence-electron chi connectivity index (χ2n) is 8.42. The Labute approximate surface area is 233 Å². The lowest BCUT2D eigenvalue weighted by Crippen LogP contribution is -2.32. The van der Waals surface area contributed by atoms with Crippen molar-refractivity contribution in [2.24, 2.45) is 0 Å². The molecule has 0 saturated carbocycles. The van der Waals surface area contributed by atoms with Crippen LogP contribution in [0.25, 0.3) is 0 Å². The molecule has 1 heterocycles. The third-order valence-electron chi connectivity index (χ3n) is 5.31. The summed E-state index contributed by atoms with van der Waals surface area (Å²) in [6, 6.07) is 16.9. The van der Waals surface area contributed by atoms with Crippen molar-refractivity contribution in [1.29, 1.82) is 0 Å². The Hall–Kier alpha value is -3.85. The molecule has 0 fully saturated rings. The van der Waals surface area contributed by atoms with Gasteiger partial charge in [-0.25, -0.2) is 9.69 Å². The third kappa shape index (κ3) is 5.83. The topological polar surface area (TPSA) is 105 Å². The minimum atomic E-state index is -0.747. The van der Waals surface area contributed by atoms with Crippen LogP contribution in [0.1, 0.15) is 34.6 Å². The van der Waals surface area contributed by atoms with Crippen LogP contribution in [-0.4, -0.2) is 29.8 Å². The average Bonchev–Trinajstić information content (AvgIpc) is 3.09. The first-order valence-electron chi connectivity index (χ1n) is 11.3. The fraction of sp³-hybridized carbons (Fsp3) is 0.111. The van der Waals surface area contributed by atoms with E-state index in [1.807, 2.05) is 0 Å². The molecule has 11 heteroatoms. The number of anilines is 3. The number of hydrogen-bond acceptors (Lipinski definition) is 6. The van der Waals surface area contributed by atoms with Crippen molar-refractivity contribution in [2.75, 3.05) is 15.5 Å². The molecule has 0 aromatic heterocycles. The lowest BCUT2D eigenvalue weighted by molar-refractivity contribution is -0.120. The summed E-state index contributed by atoms with van der Waals surface area (Å²) in [6.45, 7) is 3.52. The van der Waals surface area contributed by atoms with Gasteiger partial charge in [0, 0.05) is 22.0 Å². The number of amides is 3. The molecule has 0 radical (unpaired) electrons. The molecule has 194 valence electrons. The predicted octanol–water partition coefficient (Wildman–Crippen LogP) is 6.25. The largest absolute Gasteiger partial charge is 0.459 e. The molecule has 0 unspecified atom stereocenters. The maximum atomic E-state index is 13.0. The van der Waals surface area contributed by atoms with Gasteiger partial charge >= 0.3 is 5.97 Å². The standard InChI is InChI=1S/C27H20Cl3N3O5/c1-14(2)38-27(37)16-5-10-19(11-6-16)32-24(34)15-3-8-18(9-4-15)31-23-22(30)25(35)33(26(23)36)21-13-17(28)7-12-20(21)29/h3-14,31H,1-2H3,(H,32,34). The summed E-state index contributed by atoms with van der Waals surface area (Å²) < 4.78 is 5.15. The molecule has 4 rings (SSSR count). The van der Waals surface area contributed by atoms with Crippen molar-refractivity contribution in [3.8, 4) is 0 Å². The van der Waals surface area contributed by atoms with Crippen LogP contribution in [0.5, 0.6) is 0 Å². The number of carbonyl (C=O) groups is 4. The Morgan fingerprint density at radius 3 is 2.05 bits per heavy atom. The van der Waals surface area contributed by atoms with E-state index in [0.717, 1.165) is 4.90 Å². The van der Waals surface area contributed by atoms with Gasteiger partial charge in [-0.1, -0.05) is 34.8 Å². The van der Waals surface area contributed by atoms with E-state index < -0.39 is 17.8 Å². The highest BCUT2D eigenvalue weighted by Gasteiger charge is 2.40. The lowest BCUT2D eigenvalue weighted by atomic mass is 10.1. The quantitative estimate of drug-likeness (QED) is 0.256. The molecule has 2 N–H and O–H groups in total. The molecule has 8 nitrogen and oxygen atoms in total. The lowest BCUT2D eigenvalue weighted by Gasteiger charge is -2.17. The Morgan fingerprint density at radius 1 is 0.816 bits per heavy atom. The van der Waals surface area contributed by atoms with Crippen molar-refractivity contribution in [2.45, 2.75) is 20.0 Å². The van der Waals surface area contributed by atoms with Crippen LogP contribution in [0.3, 0.4) is 0 Å². The SMILES string of the molecule is CC(C)OC(=O)c1ccc(NC(=O)c2ccc(NC3=C(Cl)C(=O)N(c4cc(Cl)ccc4Cl)C3=O)cc2)cc1. The zero-order valence-corrected chi connectivity index (χ0v) is 22.3. The van der Waals surface area contributed by atoms with E-state index >= 15 is 0 Å². The highest BCUT2D eigenvalue weighted by Crippen LogP contribution is 2.35. The van der Waals surface area contributed by atoms with Crippen LogP contribution >= 0.6 is 34.8 Å². The van der Waals surface area contributed by atoms with Crippen molar-refractivity contribution >= 4 is 75.6 Å². The van der Waals surface area contributed by atoms with Gasteiger partial charge in [-0.3, -0.25) is 14.4 Å². The summed E-state index contributed by atoms with van der Waals surface area (Å²) in [4.78, 5) is 51.2. The van der Waals surface area contributed by atoms with Crippen LogP contribution in [0, 0.1) is 0 Å². The smallest absolute Gasteiger partial charge is 0.338 e. The molecule has 0 atom stereocenters. The van der Waals surface area contributed by atoms with Gasteiger partial charge in [0.25, 0.3) is 17.7 Å². The zero-order valence-electron chi connectivity index (χ0n) is 20.1. The second kappa shape index (κ2) is 11.3. The minimum Gasteiger partial charge on any atom is -0.459 e. The molecule has 0 spiro atoms. The van der Waals surface area contributed by atoms with Gasteiger partial charge < -0.3 is 15.4 Å². The number of halogens is 3. The monoisotopic (exact) mass is 571 g/mol. The van der Waals surface area contributed by atoms with E-state index in [0.29, 0.717) is 27.5 Å². The van der Waals surface area contributed by atoms with Gasteiger partial charge in [-0.15, -0.1) is 0 Å². The molecular weight excluding hydrogens is 553 g/mol. The first-order valence-corrected chi connectivity index (χ1v) is 12.4. The highest BCUT2D eigenvalue weighted by molar-refractivity contribution is 6.54. The van der Waals surface area contributed by atoms with E-state index in [1.165, 1.54) is 30.3 Å². The number of imide groups is 1. The molecule has 1 aliphatic heterocycles. The molecule has 38 heavy (non-hydrogen) atoms.